The van der Waals surface area contributed by atoms with E-state index in [4.69, 9.17) is 4.74 Å². The Balaban J connectivity index is 1.44. The van der Waals surface area contributed by atoms with Crippen molar-refractivity contribution in [3.63, 3.8) is 0 Å². The van der Waals surface area contributed by atoms with Gasteiger partial charge in [-0.3, -0.25) is 14.5 Å². The molecule has 0 bridgehead atoms. The predicted molar refractivity (Wildman–Crippen MR) is 96.6 cm³/mol. The van der Waals surface area contributed by atoms with Gasteiger partial charge in [-0.1, -0.05) is 0 Å². The van der Waals surface area contributed by atoms with E-state index >= 15 is 0 Å². The summed E-state index contributed by atoms with van der Waals surface area (Å²) >= 11 is 0. The molecule has 5 N–H and O–H groups in total. The van der Waals surface area contributed by atoms with Gasteiger partial charge in [0.05, 0.1) is 19.1 Å². The first-order valence-electron chi connectivity index (χ1n) is 10.1. The Labute approximate surface area is 160 Å². The molecule has 5 unspecified atom stereocenters. The lowest BCUT2D eigenvalue weighted by Crippen LogP contribution is -2.95. The van der Waals surface area contributed by atoms with Crippen molar-refractivity contribution in [2.75, 3.05) is 39.3 Å². The number of hydrogen-bond donors (Lipinski definition) is 4. The summed E-state index contributed by atoms with van der Waals surface area (Å²) in [5.74, 6) is -0.286. The normalized spacial score (nSPS) is 35.2. The highest BCUT2D eigenvalue weighted by Crippen LogP contribution is 2.24. The van der Waals surface area contributed by atoms with Gasteiger partial charge >= 0.3 is 0 Å². The molecule has 9 nitrogen and oxygen atoms in total. The maximum absolute atomic E-state index is 12.6. The number of nitrogens with zero attached hydrogens (tertiary/aromatic N) is 2. The molecule has 3 heterocycles. The first-order chi connectivity index (χ1) is 13.0. The van der Waals surface area contributed by atoms with Gasteiger partial charge in [0.15, 0.2) is 0 Å². The second kappa shape index (κ2) is 9.29. The number of amides is 2. The van der Waals surface area contributed by atoms with Gasteiger partial charge in [0, 0.05) is 46.1 Å². The molecule has 0 aliphatic carbocycles. The van der Waals surface area contributed by atoms with Crippen molar-refractivity contribution in [1.29, 1.82) is 0 Å². The molecule has 0 aromatic rings. The van der Waals surface area contributed by atoms with Crippen molar-refractivity contribution in [3.05, 3.63) is 0 Å². The van der Waals surface area contributed by atoms with Crippen molar-refractivity contribution in [1.82, 2.24) is 15.1 Å². The van der Waals surface area contributed by atoms with Crippen LogP contribution in [0.4, 0.5) is 0 Å². The van der Waals surface area contributed by atoms with Crippen LogP contribution in [0.15, 0.2) is 0 Å². The third-order valence-electron chi connectivity index (χ3n) is 5.92. The van der Waals surface area contributed by atoms with Crippen LogP contribution in [0.5, 0.6) is 0 Å². The molecule has 0 aromatic carbocycles. The van der Waals surface area contributed by atoms with Gasteiger partial charge in [0.1, 0.15) is 24.5 Å². The quantitative estimate of drug-likeness (QED) is 0.407. The van der Waals surface area contributed by atoms with E-state index in [0.29, 0.717) is 19.3 Å². The molecular weight excluding hydrogens is 352 g/mol. The van der Waals surface area contributed by atoms with E-state index in [0.717, 1.165) is 13.1 Å². The highest BCUT2D eigenvalue weighted by molar-refractivity contribution is 5.77. The summed E-state index contributed by atoms with van der Waals surface area (Å²) in [6.45, 7) is 5.79. The van der Waals surface area contributed by atoms with E-state index < -0.39 is 24.4 Å². The largest absolute Gasteiger partial charge is 0.388 e. The Hall–Kier alpha value is -1.26. The van der Waals surface area contributed by atoms with Crippen molar-refractivity contribution >= 4 is 11.8 Å². The van der Waals surface area contributed by atoms with E-state index in [1.54, 1.807) is 0 Å². The fourth-order valence-corrected chi connectivity index (χ4v) is 4.27. The molecule has 3 aliphatic heterocycles. The average molecular weight is 385 g/mol. The Morgan fingerprint density at radius 1 is 1.11 bits per heavy atom. The summed E-state index contributed by atoms with van der Waals surface area (Å²) in [6.07, 6.45) is 0.705. The Bertz CT molecular complexity index is 520. The first-order valence-corrected chi connectivity index (χ1v) is 10.1. The maximum atomic E-state index is 12.6. The standard InChI is InChI=1S/C18H32N4O5/c1-12(23)20-11-14-18(26)17(25)13(27-14)10-16(24)22-8-6-21(7-9-22)15-4-2-3-5-19-15/h13-15,17-19,25-26H,2-11H2,1H3,(H,20,23)/p+1. The average Bonchev–Trinajstić information content (AvgIpc) is 2.95. The maximum Gasteiger partial charge on any atom is 0.225 e. The monoisotopic (exact) mass is 385 g/mol. The SMILES string of the molecule is CC(=O)NCC1OC(CC(=O)N2CCN(C3CCCC[NH2+]3)CC2)C(O)C1O. The highest BCUT2D eigenvalue weighted by atomic mass is 16.5. The summed E-state index contributed by atoms with van der Waals surface area (Å²) in [5, 5.41) is 25.2. The zero-order valence-corrected chi connectivity index (χ0v) is 16.0. The van der Waals surface area contributed by atoms with E-state index in [9.17, 15) is 19.8 Å². The second-order valence-corrected chi connectivity index (χ2v) is 7.84. The number of carbonyl (C=O) groups excluding carboxylic acids is 2. The molecule has 3 saturated heterocycles. The number of hydrogen-bond acceptors (Lipinski definition) is 6. The van der Waals surface area contributed by atoms with E-state index in [1.807, 2.05) is 4.90 Å². The highest BCUT2D eigenvalue weighted by Gasteiger charge is 2.44. The zero-order valence-electron chi connectivity index (χ0n) is 16.0. The van der Waals surface area contributed by atoms with Crippen molar-refractivity contribution < 1.29 is 29.9 Å². The molecule has 0 aromatic heterocycles. The lowest BCUT2D eigenvalue weighted by atomic mass is 10.0. The number of aliphatic hydroxyl groups excluding tert-OH is 2. The van der Waals surface area contributed by atoms with Crippen LogP contribution in [0.25, 0.3) is 0 Å². The predicted octanol–water partition coefficient (Wildman–Crippen LogP) is -2.78. The molecule has 2 amide bonds. The number of nitrogens with one attached hydrogen (secondary N) is 1. The van der Waals surface area contributed by atoms with Crippen LogP contribution in [0.1, 0.15) is 32.6 Å². The summed E-state index contributed by atoms with van der Waals surface area (Å²) in [5.41, 5.74) is 0. The number of piperazine rings is 1. The molecule has 5 atom stereocenters. The van der Waals surface area contributed by atoms with Crippen molar-refractivity contribution in [2.45, 2.75) is 63.2 Å². The molecule has 9 heteroatoms. The molecular formula is C18H33N4O5+. The van der Waals surface area contributed by atoms with Crippen molar-refractivity contribution in [2.24, 2.45) is 0 Å². The lowest BCUT2D eigenvalue weighted by Gasteiger charge is -2.39. The fourth-order valence-electron chi connectivity index (χ4n) is 4.27. The van der Waals surface area contributed by atoms with Gasteiger partial charge in [-0.2, -0.15) is 0 Å². The molecule has 0 spiro atoms. The van der Waals surface area contributed by atoms with Crippen LogP contribution in [0.2, 0.25) is 0 Å². The molecule has 27 heavy (non-hydrogen) atoms. The number of piperidine rings is 1. The first kappa shape index (κ1) is 20.5. The van der Waals surface area contributed by atoms with Gasteiger partial charge in [-0.25, -0.2) is 0 Å². The van der Waals surface area contributed by atoms with Gasteiger partial charge in [0.25, 0.3) is 0 Å². The summed E-state index contributed by atoms with van der Waals surface area (Å²) in [7, 11) is 0. The van der Waals surface area contributed by atoms with Crippen LogP contribution < -0.4 is 10.6 Å². The Morgan fingerprint density at radius 3 is 2.44 bits per heavy atom. The number of rotatable bonds is 5. The number of nitrogens with two attached hydrogens (primary N) is 1. The van der Waals surface area contributed by atoms with Crippen LogP contribution in [0.3, 0.4) is 0 Å². The molecule has 3 rings (SSSR count). The van der Waals surface area contributed by atoms with E-state index in [-0.39, 0.29) is 24.8 Å². The van der Waals surface area contributed by atoms with Gasteiger partial charge in [0.2, 0.25) is 11.8 Å². The lowest BCUT2D eigenvalue weighted by molar-refractivity contribution is -0.717. The Morgan fingerprint density at radius 2 is 1.81 bits per heavy atom. The Kier molecular flexibility index (Phi) is 7.04. The minimum Gasteiger partial charge on any atom is -0.388 e. The molecule has 0 radical (unpaired) electrons. The third kappa shape index (κ3) is 5.17. The van der Waals surface area contributed by atoms with E-state index in [2.05, 4.69) is 15.5 Å². The summed E-state index contributed by atoms with van der Waals surface area (Å²) < 4.78 is 5.64. The third-order valence-corrected chi connectivity index (χ3v) is 5.92. The number of quaternary nitrogens is 1. The van der Waals surface area contributed by atoms with Crippen molar-refractivity contribution in [3.8, 4) is 0 Å². The minimum atomic E-state index is -1.12. The molecule has 3 fully saturated rings. The summed E-state index contributed by atoms with van der Waals surface area (Å²) in [4.78, 5) is 27.9. The minimum absolute atomic E-state index is 0.0460. The van der Waals surface area contributed by atoms with Crippen LogP contribution in [0, 0.1) is 0 Å². The summed E-state index contributed by atoms with van der Waals surface area (Å²) in [6, 6.07) is 0. The van der Waals surface area contributed by atoms with Crippen LogP contribution in [-0.2, 0) is 14.3 Å². The molecule has 0 saturated carbocycles. The van der Waals surface area contributed by atoms with Gasteiger partial charge in [-0.05, 0) is 12.8 Å². The number of aliphatic hydroxyl groups is 2. The number of carbonyl (C=O) groups is 2. The zero-order chi connectivity index (χ0) is 19.4. The number of ether oxygens (including phenoxy) is 1. The van der Waals surface area contributed by atoms with Gasteiger partial charge in [-0.15, -0.1) is 0 Å². The van der Waals surface area contributed by atoms with Gasteiger partial charge < -0.3 is 30.5 Å². The second-order valence-electron chi connectivity index (χ2n) is 7.84. The van der Waals surface area contributed by atoms with Crippen LogP contribution >= 0.6 is 0 Å². The fraction of sp³-hybridized carbons (Fsp3) is 0.889. The van der Waals surface area contributed by atoms with Crippen LogP contribution in [-0.4, -0.2) is 102 Å². The molecule has 154 valence electrons. The van der Waals surface area contributed by atoms with E-state index in [1.165, 1.54) is 32.7 Å². The smallest absolute Gasteiger partial charge is 0.225 e. The molecule has 3 aliphatic rings. The topological polar surface area (TPSA) is 119 Å².